The summed E-state index contributed by atoms with van der Waals surface area (Å²) in [6.45, 7) is 2.65. The SMILES string of the molecule is Cc1cccc(CCn2c(=O)[nH][nH]c2=S)c1. The minimum Gasteiger partial charge on any atom is -0.272 e. The lowest BCUT2D eigenvalue weighted by molar-refractivity contribution is 0.663. The summed E-state index contributed by atoms with van der Waals surface area (Å²) >= 11 is 4.99. The lowest BCUT2D eigenvalue weighted by Gasteiger charge is -2.02. The topological polar surface area (TPSA) is 53.6 Å². The van der Waals surface area contributed by atoms with E-state index in [4.69, 9.17) is 12.2 Å². The van der Waals surface area contributed by atoms with Crippen molar-refractivity contribution in [1.29, 1.82) is 0 Å². The van der Waals surface area contributed by atoms with Crippen LogP contribution in [-0.4, -0.2) is 14.8 Å². The van der Waals surface area contributed by atoms with E-state index in [0.29, 0.717) is 11.3 Å². The fourth-order valence-corrected chi connectivity index (χ4v) is 1.87. The molecule has 0 aliphatic heterocycles. The van der Waals surface area contributed by atoms with E-state index in [1.807, 2.05) is 6.07 Å². The van der Waals surface area contributed by atoms with E-state index < -0.39 is 0 Å². The third-order valence-corrected chi connectivity index (χ3v) is 2.80. The highest BCUT2D eigenvalue weighted by molar-refractivity contribution is 7.71. The van der Waals surface area contributed by atoms with Crippen molar-refractivity contribution < 1.29 is 0 Å². The first-order valence-corrected chi connectivity index (χ1v) is 5.50. The van der Waals surface area contributed by atoms with Crippen molar-refractivity contribution in [1.82, 2.24) is 14.8 Å². The predicted octanol–water partition coefficient (Wildman–Crippen LogP) is 1.79. The van der Waals surface area contributed by atoms with Crippen molar-refractivity contribution >= 4 is 12.2 Å². The van der Waals surface area contributed by atoms with Gasteiger partial charge < -0.3 is 0 Å². The first kappa shape index (κ1) is 10.9. The number of hydrogen-bond donors (Lipinski definition) is 2. The first-order valence-electron chi connectivity index (χ1n) is 5.10. The molecule has 16 heavy (non-hydrogen) atoms. The van der Waals surface area contributed by atoms with Gasteiger partial charge in [-0.05, 0) is 31.1 Å². The number of benzene rings is 1. The number of aryl methyl sites for hydroxylation is 2. The van der Waals surface area contributed by atoms with Crippen LogP contribution in [0, 0.1) is 11.7 Å². The molecule has 0 spiro atoms. The minimum absolute atomic E-state index is 0.183. The average Bonchev–Trinajstić information content (AvgIpc) is 2.56. The van der Waals surface area contributed by atoms with Crippen LogP contribution in [0.3, 0.4) is 0 Å². The zero-order chi connectivity index (χ0) is 11.5. The molecule has 1 aromatic heterocycles. The Labute approximate surface area is 97.9 Å². The van der Waals surface area contributed by atoms with Gasteiger partial charge in [0.2, 0.25) is 0 Å². The molecular formula is C11H13N3OS. The zero-order valence-corrected chi connectivity index (χ0v) is 9.80. The largest absolute Gasteiger partial charge is 0.342 e. The molecule has 2 aromatic rings. The van der Waals surface area contributed by atoms with Gasteiger partial charge in [0, 0.05) is 6.54 Å². The standard InChI is InChI=1S/C11H13N3OS/c1-8-3-2-4-9(7-8)5-6-14-10(15)12-13-11(14)16/h2-4,7H,5-6H2,1H3,(H,12,15)(H,13,16). The Kier molecular flexibility index (Phi) is 3.05. The van der Waals surface area contributed by atoms with Gasteiger partial charge in [0.1, 0.15) is 0 Å². The summed E-state index contributed by atoms with van der Waals surface area (Å²) in [6.07, 6.45) is 0.802. The van der Waals surface area contributed by atoms with E-state index in [1.54, 1.807) is 0 Å². The van der Waals surface area contributed by atoms with E-state index in [0.717, 1.165) is 6.42 Å². The van der Waals surface area contributed by atoms with Gasteiger partial charge in [0.25, 0.3) is 0 Å². The minimum atomic E-state index is -0.183. The molecule has 84 valence electrons. The van der Waals surface area contributed by atoms with Gasteiger partial charge in [-0.3, -0.25) is 9.67 Å². The average molecular weight is 235 g/mol. The molecule has 0 saturated heterocycles. The molecule has 1 heterocycles. The maximum atomic E-state index is 11.3. The van der Waals surface area contributed by atoms with E-state index in [-0.39, 0.29) is 5.69 Å². The van der Waals surface area contributed by atoms with Gasteiger partial charge >= 0.3 is 5.69 Å². The number of rotatable bonds is 3. The highest BCUT2D eigenvalue weighted by atomic mass is 32.1. The van der Waals surface area contributed by atoms with Gasteiger partial charge in [-0.25, -0.2) is 9.89 Å². The second-order valence-corrected chi connectivity index (χ2v) is 4.14. The maximum absolute atomic E-state index is 11.3. The van der Waals surface area contributed by atoms with Crippen LogP contribution >= 0.6 is 12.2 Å². The number of H-pyrrole nitrogens is 2. The summed E-state index contributed by atoms with van der Waals surface area (Å²) in [5, 5.41) is 5.09. The van der Waals surface area contributed by atoms with Gasteiger partial charge in [-0.1, -0.05) is 29.8 Å². The maximum Gasteiger partial charge on any atom is 0.342 e. The summed E-state index contributed by atoms with van der Waals surface area (Å²) < 4.78 is 1.97. The van der Waals surface area contributed by atoms with Crippen LogP contribution in [0.25, 0.3) is 0 Å². The van der Waals surface area contributed by atoms with Crippen molar-refractivity contribution in [3.63, 3.8) is 0 Å². The number of aromatic amines is 2. The molecule has 4 nitrogen and oxygen atoms in total. The van der Waals surface area contributed by atoms with E-state index in [1.165, 1.54) is 15.7 Å². The molecule has 5 heteroatoms. The number of nitrogens with zero attached hydrogens (tertiary/aromatic N) is 1. The van der Waals surface area contributed by atoms with Gasteiger partial charge in [0.15, 0.2) is 4.77 Å². The van der Waals surface area contributed by atoms with Crippen LogP contribution in [0.4, 0.5) is 0 Å². The van der Waals surface area contributed by atoms with Crippen molar-refractivity contribution in [2.45, 2.75) is 19.9 Å². The summed E-state index contributed by atoms with van der Waals surface area (Å²) in [4.78, 5) is 11.3. The second-order valence-electron chi connectivity index (χ2n) is 3.75. The Morgan fingerprint density at radius 2 is 2.19 bits per heavy atom. The lowest BCUT2D eigenvalue weighted by atomic mass is 10.1. The van der Waals surface area contributed by atoms with Crippen LogP contribution in [0.5, 0.6) is 0 Å². The zero-order valence-electron chi connectivity index (χ0n) is 8.99. The van der Waals surface area contributed by atoms with Gasteiger partial charge in [0.05, 0.1) is 0 Å². The molecular weight excluding hydrogens is 222 g/mol. The molecule has 2 rings (SSSR count). The number of hydrogen-bond acceptors (Lipinski definition) is 2. The third kappa shape index (κ3) is 2.30. The Morgan fingerprint density at radius 1 is 1.38 bits per heavy atom. The molecule has 0 radical (unpaired) electrons. The van der Waals surface area contributed by atoms with Crippen LogP contribution in [0.1, 0.15) is 11.1 Å². The van der Waals surface area contributed by atoms with Gasteiger partial charge in [-0.15, -0.1) is 0 Å². The second kappa shape index (κ2) is 4.49. The molecule has 1 aromatic carbocycles. The Bertz CT molecular complexity index is 566. The molecule has 0 aliphatic rings. The van der Waals surface area contributed by atoms with Crippen molar-refractivity contribution in [2.75, 3.05) is 0 Å². The molecule has 0 amide bonds. The Balaban J connectivity index is 2.14. The normalized spacial score (nSPS) is 10.6. The molecule has 0 bridgehead atoms. The summed E-state index contributed by atoms with van der Waals surface area (Å²) in [5.41, 5.74) is 2.25. The molecule has 0 atom stereocenters. The Morgan fingerprint density at radius 3 is 2.81 bits per heavy atom. The molecule has 2 N–H and O–H groups in total. The lowest BCUT2D eigenvalue weighted by Crippen LogP contribution is -2.18. The van der Waals surface area contributed by atoms with Crippen LogP contribution in [0.2, 0.25) is 0 Å². The summed E-state index contributed by atoms with van der Waals surface area (Å²) in [6, 6.07) is 8.24. The Hall–Kier alpha value is -1.62. The van der Waals surface area contributed by atoms with Crippen LogP contribution in [-0.2, 0) is 13.0 Å². The number of aromatic nitrogens is 3. The molecule has 0 saturated carbocycles. The number of nitrogens with one attached hydrogen (secondary N) is 2. The van der Waals surface area contributed by atoms with Crippen LogP contribution in [0.15, 0.2) is 29.1 Å². The molecule has 0 fully saturated rings. The quantitative estimate of drug-likeness (QED) is 0.797. The summed E-state index contributed by atoms with van der Waals surface area (Å²) in [7, 11) is 0. The third-order valence-electron chi connectivity index (χ3n) is 2.47. The fourth-order valence-electron chi connectivity index (χ4n) is 1.65. The van der Waals surface area contributed by atoms with Crippen molar-refractivity contribution in [3.8, 4) is 0 Å². The predicted molar refractivity (Wildman–Crippen MR) is 65.1 cm³/mol. The molecule has 0 unspecified atom stereocenters. The highest BCUT2D eigenvalue weighted by Crippen LogP contribution is 2.05. The van der Waals surface area contributed by atoms with Crippen LogP contribution < -0.4 is 5.69 Å². The monoisotopic (exact) mass is 235 g/mol. The van der Waals surface area contributed by atoms with Gasteiger partial charge in [-0.2, -0.15) is 0 Å². The van der Waals surface area contributed by atoms with Crippen molar-refractivity contribution in [3.05, 3.63) is 50.6 Å². The highest BCUT2D eigenvalue weighted by Gasteiger charge is 2.00. The van der Waals surface area contributed by atoms with E-state index in [2.05, 4.69) is 35.3 Å². The fraction of sp³-hybridized carbons (Fsp3) is 0.273. The first-order chi connectivity index (χ1) is 7.66. The van der Waals surface area contributed by atoms with Crippen molar-refractivity contribution in [2.24, 2.45) is 0 Å². The summed E-state index contributed by atoms with van der Waals surface area (Å²) in [5.74, 6) is 0. The smallest absolute Gasteiger partial charge is 0.272 e. The molecule has 0 aliphatic carbocycles. The van der Waals surface area contributed by atoms with E-state index >= 15 is 0 Å². The van der Waals surface area contributed by atoms with E-state index in [9.17, 15) is 4.79 Å².